The van der Waals surface area contributed by atoms with Crippen molar-refractivity contribution in [2.75, 3.05) is 26.0 Å². The number of carbonyl (C=O) groups excluding carboxylic acids is 1. The van der Waals surface area contributed by atoms with Crippen molar-refractivity contribution >= 4 is 6.09 Å². The molecule has 0 saturated carbocycles. The largest absolute Gasteiger partial charge is 0.444 e. The number of ether oxygens (including phenoxy) is 1. The summed E-state index contributed by atoms with van der Waals surface area (Å²) in [6.07, 6.45) is -1.48. The molecule has 116 valence electrons. The molecule has 4 heteroatoms. The molecule has 1 amide bonds. The first-order valence-corrected chi connectivity index (χ1v) is 6.72. The molecule has 1 aromatic carbocycles. The van der Waals surface area contributed by atoms with Crippen LogP contribution in [0.1, 0.15) is 42.9 Å². The van der Waals surface area contributed by atoms with E-state index < -0.39 is 44.2 Å². The molecule has 1 fully saturated rings. The summed E-state index contributed by atoms with van der Waals surface area (Å²) in [5.74, 6) is 0. The predicted octanol–water partition coefficient (Wildman–Crippen LogP) is 3.05. The van der Waals surface area contributed by atoms with Crippen LogP contribution in [-0.2, 0) is 11.3 Å². The first-order valence-electron chi connectivity index (χ1n) is 10.7. The minimum atomic E-state index is -3.23. The van der Waals surface area contributed by atoms with Gasteiger partial charge in [0.25, 0.3) is 0 Å². The van der Waals surface area contributed by atoms with E-state index in [1.165, 1.54) is 20.8 Å². The first-order chi connectivity index (χ1) is 12.9. The van der Waals surface area contributed by atoms with Gasteiger partial charge in [-0.2, -0.15) is 0 Å². The average molecular weight is 298 g/mol. The van der Waals surface area contributed by atoms with Gasteiger partial charge in [0.05, 0.1) is 5.48 Å². The third-order valence-corrected chi connectivity index (χ3v) is 2.59. The van der Waals surface area contributed by atoms with E-state index in [0.717, 1.165) is 5.56 Å². The van der Waals surface area contributed by atoms with Crippen LogP contribution in [-0.4, -0.2) is 47.5 Å². The van der Waals surface area contributed by atoms with E-state index in [-0.39, 0.29) is 4.90 Å². The van der Waals surface area contributed by atoms with Crippen molar-refractivity contribution < 1.29 is 20.5 Å². The van der Waals surface area contributed by atoms with Gasteiger partial charge in [0.15, 0.2) is 0 Å². The van der Waals surface area contributed by atoms with Crippen molar-refractivity contribution in [2.24, 2.45) is 0 Å². The van der Waals surface area contributed by atoms with Gasteiger partial charge in [-0.05, 0) is 33.3 Å². The molecular weight excluding hydrogens is 264 g/mol. The number of aryl methyl sites for hydroxylation is 1. The Bertz CT molecular complexity index is 764. The van der Waals surface area contributed by atoms with Gasteiger partial charge in [0.1, 0.15) is 5.60 Å². The zero-order valence-corrected chi connectivity index (χ0v) is 12.7. The van der Waals surface area contributed by atoms with E-state index in [2.05, 4.69) is 0 Å². The summed E-state index contributed by atoms with van der Waals surface area (Å²) >= 11 is 0. The standard InChI is InChI=1S/C17H26N2O2/c1-14-6-5-7-15(12-14)13-18-8-10-19(11-9-18)16(20)21-17(2,3)4/h5-7,12H,8-11,13H2,1-4H3/i8D2,9D2,10D2,11D2. The highest BCUT2D eigenvalue weighted by Crippen LogP contribution is 2.14. The number of amides is 1. The highest BCUT2D eigenvalue weighted by molar-refractivity contribution is 5.68. The lowest BCUT2D eigenvalue weighted by Crippen LogP contribution is -2.49. The molecule has 0 atom stereocenters. The predicted molar refractivity (Wildman–Crippen MR) is 84.3 cm³/mol. The Balaban J connectivity index is 2.58. The summed E-state index contributed by atoms with van der Waals surface area (Å²) in [6.45, 7) is -6.71. The Morgan fingerprint density at radius 1 is 1.29 bits per heavy atom. The van der Waals surface area contributed by atoms with Crippen molar-refractivity contribution in [3.8, 4) is 0 Å². The van der Waals surface area contributed by atoms with Crippen molar-refractivity contribution in [3.05, 3.63) is 35.4 Å². The summed E-state index contributed by atoms with van der Waals surface area (Å²) < 4.78 is 71.5. The van der Waals surface area contributed by atoms with Gasteiger partial charge in [-0.25, -0.2) is 4.79 Å². The lowest BCUT2D eigenvalue weighted by atomic mass is 10.1. The van der Waals surface area contributed by atoms with E-state index in [0.29, 0.717) is 10.5 Å². The second kappa shape index (κ2) is 6.48. The van der Waals surface area contributed by atoms with Crippen LogP contribution in [0.15, 0.2) is 24.3 Å². The van der Waals surface area contributed by atoms with Gasteiger partial charge in [-0.15, -0.1) is 0 Å². The smallest absolute Gasteiger partial charge is 0.410 e. The molecule has 0 aliphatic carbocycles. The van der Waals surface area contributed by atoms with E-state index in [1.54, 1.807) is 31.2 Å². The summed E-state index contributed by atoms with van der Waals surface area (Å²) in [4.78, 5) is 13.0. The highest BCUT2D eigenvalue weighted by atomic mass is 16.6. The van der Waals surface area contributed by atoms with Crippen LogP contribution in [0.25, 0.3) is 0 Å². The van der Waals surface area contributed by atoms with Crippen molar-refractivity contribution in [1.29, 1.82) is 0 Å². The number of hydrogen-bond donors (Lipinski definition) is 0. The Hall–Kier alpha value is -1.55. The van der Waals surface area contributed by atoms with Gasteiger partial charge >= 0.3 is 6.09 Å². The fraction of sp³-hybridized carbons (Fsp3) is 0.588. The van der Waals surface area contributed by atoms with Gasteiger partial charge in [0.2, 0.25) is 0 Å². The second-order valence-corrected chi connectivity index (χ2v) is 5.84. The monoisotopic (exact) mass is 298 g/mol. The highest BCUT2D eigenvalue weighted by Gasteiger charge is 2.25. The van der Waals surface area contributed by atoms with E-state index in [4.69, 9.17) is 15.7 Å². The quantitative estimate of drug-likeness (QED) is 0.841. The van der Waals surface area contributed by atoms with Gasteiger partial charge in [-0.3, -0.25) is 4.90 Å². The SMILES string of the molecule is [2H]C1([2H])N(Cc2cccc(C)c2)C([2H])([2H])C([2H])([2H])N(C(=O)OC(C)(C)C)C1([2H])[2H]. The molecule has 0 N–H and O–H groups in total. The van der Waals surface area contributed by atoms with Gasteiger partial charge in [0, 0.05) is 38.0 Å². The molecule has 1 saturated heterocycles. The summed E-state index contributed by atoms with van der Waals surface area (Å²) in [5.41, 5.74) is 0.207. The molecular formula is C17H26N2O2. The number of carbonyl (C=O) groups is 1. The van der Waals surface area contributed by atoms with Crippen molar-refractivity contribution in [3.63, 3.8) is 0 Å². The molecule has 0 spiro atoms. The lowest BCUT2D eigenvalue weighted by Gasteiger charge is -2.35. The molecule has 1 heterocycles. The average Bonchev–Trinajstić information content (AvgIpc) is 2.48. The van der Waals surface area contributed by atoms with Gasteiger partial charge in [-0.1, -0.05) is 29.8 Å². The molecule has 1 aliphatic heterocycles. The third-order valence-electron chi connectivity index (χ3n) is 2.59. The normalized spacial score (nSPS) is 32.1. The third kappa shape index (κ3) is 5.05. The fourth-order valence-corrected chi connectivity index (χ4v) is 1.75. The summed E-state index contributed by atoms with van der Waals surface area (Å²) in [7, 11) is 0. The number of rotatable bonds is 2. The number of nitrogens with zero attached hydrogens (tertiary/aromatic N) is 2. The molecule has 1 aliphatic rings. The molecule has 4 nitrogen and oxygen atoms in total. The first kappa shape index (κ1) is 8.18. The maximum atomic E-state index is 12.6. The minimum Gasteiger partial charge on any atom is -0.444 e. The van der Waals surface area contributed by atoms with Crippen molar-refractivity contribution in [2.45, 2.75) is 39.8 Å². The Morgan fingerprint density at radius 3 is 2.52 bits per heavy atom. The topological polar surface area (TPSA) is 32.8 Å². The minimum absolute atomic E-state index is 0.0992. The Labute approximate surface area is 138 Å². The zero-order valence-electron chi connectivity index (χ0n) is 20.7. The van der Waals surface area contributed by atoms with Crippen LogP contribution in [0.2, 0.25) is 0 Å². The van der Waals surface area contributed by atoms with Crippen LogP contribution >= 0.6 is 0 Å². The molecule has 0 unspecified atom stereocenters. The van der Waals surface area contributed by atoms with Crippen LogP contribution in [0.4, 0.5) is 4.79 Å². The second-order valence-electron chi connectivity index (χ2n) is 5.84. The number of piperazine rings is 1. The van der Waals surface area contributed by atoms with Crippen molar-refractivity contribution in [1.82, 2.24) is 9.80 Å². The van der Waals surface area contributed by atoms with E-state index >= 15 is 0 Å². The maximum Gasteiger partial charge on any atom is 0.410 e. The summed E-state index contributed by atoms with van der Waals surface area (Å²) in [5, 5.41) is 0. The molecule has 0 bridgehead atoms. The van der Waals surface area contributed by atoms with Crippen LogP contribution in [0.3, 0.4) is 0 Å². The molecule has 1 aromatic rings. The zero-order chi connectivity index (χ0) is 22.6. The van der Waals surface area contributed by atoms with E-state index in [9.17, 15) is 4.79 Å². The number of benzene rings is 1. The molecule has 0 radical (unpaired) electrons. The fourth-order valence-electron chi connectivity index (χ4n) is 1.75. The van der Waals surface area contributed by atoms with Crippen LogP contribution in [0, 0.1) is 6.92 Å². The molecule has 2 rings (SSSR count). The van der Waals surface area contributed by atoms with Crippen LogP contribution in [0.5, 0.6) is 0 Å². The summed E-state index contributed by atoms with van der Waals surface area (Å²) in [6, 6.07) is 6.78. The Morgan fingerprint density at radius 2 is 1.95 bits per heavy atom. The molecule has 0 aromatic heterocycles. The van der Waals surface area contributed by atoms with Gasteiger partial charge < -0.3 is 9.64 Å². The van der Waals surface area contributed by atoms with Crippen LogP contribution < -0.4 is 0 Å². The molecule has 21 heavy (non-hydrogen) atoms. The van der Waals surface area contributed by atoms with E-state index in [1.807, 2.05) is 0 Å². The maximum absolute atomic E-state index is 12.6. The number of hydrogen-bond acceptors (Lipinski definition) is 3. The Kier molecular flexibility index (Phi) is 2.52. The lowest BCUT2D eigenvalue weighted by molar-refractivity contribution is 0.0139.